The van der Waals surface area contributed by atoms with Gasteiger partial charge in [0.1, 0.15) is 0 Å². The van der Waals surface area contributed by atoms with E-state index >= 15 is 0 Å². The van der Waals surface area contributed by atoms with Gasteiger partial charge >= 0.3 is 0 Å². The largest absolute Gasteiger partial charge is 0.302 e. The third-order valence-electron chi connectivity index (χ3n) is 5.55. The molecular weight excluding hydrogens is 378 g/mol. The highest BCUT2D eigenvalue weighted by molar-refractivity contribution is 7.22. The van der Waals surface area contributed by atoms with E-state index in [2.05, 4.69) is 44.7 Å². The summed E-state index contributed by atoms with van der Waals surface area (Å²) in [7, 11) is 0. The highest BCUT2D eigenvalue weighted by Gasteiger charge is 2.30. The van der Waals surface area contributed by atoms with E-state index < -0.39 is 0 Å². The number of aromatic nitrogens is 1. The molecule has 0 radical (unpaired) electrons. The molecule has 27 heavy (non-hydrogen) atoms. The number of amides is 1. The first-order valence-corrected chi connectivity index (χ1v) is 10.8. The van der Waals surface area contributed by atoms with Gasteiger partial charge in [0.05, 0.1) is 10.2 Å². The maximum Gasteiger partial charge on any atom is 0.231 e. The number of aryl methyl sites for hydroxylation is 2. The van der Waals surface area contributed by atoms with Gasteiger partial charge in [-0.2, -0.15) is 0 Å². The molecule has 1 saturated carbocycles. The van der Waals surface area contributed by atoms with Crippen LogP contribution in [0, 0.1) is 19.8 Å². The molecule has 6 heteroatoms. The molecule has 0 spiro atoms. The minimum atomic E-state index is 0. The van der Waals surface area contributed by atoms with Crippen molar-refractivity contribution in [1.82, 2.24) is 9.88 Å². The lowest BCUT2D eigenvalue weighted by atomic mass is 10.1. The predicted octanol–water partition coefficient (Wildman–Crippen LogP) is 5.20. The first-order valence-electron chi connectivity index (χ1n) is 9.95. The van der Waals surface area contributed by atoms with Crippen molar-refractivity contribution in [3.8, 4) is 0 Å². The Morgan fingerprint density at radius 1 is 1.15 bits per heavy atom. The average molecular weight is 410 g/mol. The fourth-order valence-electron chi connectivity index (χ4n) is 3.95. The third-order valence-corrected chi connectivity index (χ3v) is 6.58. The van der Waals surface area contributed by atoms with Crippen LogP contribution < -0.4 is 4.90 Å². The van der Waals surface area contributed by atoms with Gasteiger partial charge in [0.15, 0.2) is 5.13 Å². The molecule has 4 nitrogen and oxygen atoms in total. The summed E-state index contributed by atoms with van der Waals surface area (Å²) in [6, 6.07) is 4.36. The highest BCUT2D eigenvalue weighted by atomic mass is 35.5. The van der Waals surface area contributed by atoms with Crippen molar-refractivity contribution in [2.24, 2.45) is 5.92 Å². The molecule has 3 rings (SSSR count). The first-order chi connectivity index (χ1) is 12.5. The van der Waals surface area contributed by atoms with Crippen LogP contribution in [0.25, 0.3) is 10.2 Å². The SMILES string of the molecule is CCN(CC)CCN(C(=O)C1CCCC1)c1nc2c(C)cc(C)cc2s1.Cl. The van der Waals surface area contributed by atoms with E-state index in [-0.39, 0.29) is 24.2 Å². The summed E-state index contributed by atoms with van der Waals surface area (Å²) >= 11 is 1.66. The Bertz CT molecular complexity index is 766. The first kappa shape index (κ1) is 22.1. The fourth-order valence-corrected chi connectivity index (χ4v) is 5.12. The van der Waals surface area contributed by atoms with E-state index in [1.807, 2.05) is 4.90 Å². The molecule has 1 aromatic carbocycles. The molecule has 1 heterocycles. The summed E-state index contributed by atoms with van der Waals surface area (Å²) in [5.74, 6) is 0.463. The second-order valence-electron chi connectivity index (χ2n) is 7.42. The fraction of sp³-hybridized carbons (Fsp3) is 0.619. The smallest absolute Gasteiger partial charge is 0.231 e. The van der Waals surface area contributed by atoms with Crippen molar-refractivity contribution in [2.75, 3.05) is 31.1 Å². The number of fused-ring (bicyclic) bond motifs is 1. The van der Waals surface area contributed by atoms with E-state index in [1.165, 1.54) is 28.7 Å². The molecular formula is C21H32ClN3OS. The molecule has 1 fully saturated rings. The number of anilines is 1. The number of hydrogen-bond donors (Lipinski definition) is 0. The number of rotatable bonds is 7. The molecule has 1 aromatic heterocycles. The summed E-state index contributed by atoms with van der Waals surface area (Å²) in [5.41, 5.74) is 3.49. The molecule has 0 bridgehead atoms. The number of nitrogens with zero attached hydrogens (tertiary/aromatic N) is 3. The maximum atomic E-state index is 13.2. The Hall–Kier alpha value is -1.17. The number of thiazole rings is 1. The van der Waals surface area contributed by atoms with Crippen LogP contribution in [0.3, 0.4) is 0 Å². The Morgan fingerprint density at radius 2 is 1.81 bits per heavy atom. The van der Waals surface area contributed by atoms with Crippen molar-refractivity contribution in [1.29, 1.82) is 0 Å². The zero-order valence-corrected chi connectivity index (χ0v) is 18.6. The Kier molecular flexibility index (Phi) is 8.07. The van der Waals surface area contributed by atoms with Gasteiger partial charge in [-0.05, 0) is 57.0 Å². The maximum absolute atomic E-state index is 13.2. The van der Waals surface area contributed by atoms with Crippen LogP contribution >= 0.6 is 23.7 Å². The second-order valence-corrected chi connectivity index (χ2v) is 8.43. The Balaban J connectivity index is 0.00000261. The monoisotopic (exact) mass is 409 g/mol. The van der Waals surface area contributed by atoms with Crippen LogP contribution in [0.4, 0.5) is 5.13 Å². The average Bonchev–Trinajstić information content (AvgIpc) is 3.28. The van der Waals surface area contributed by atoms with Gasteiger partial charge in [-0.15, -0.1) is 12.4 Å². The van der Waals surface area contributed by atoms with E-state index in [0.29, 0.717) is 0 Å². The summed E-state index contributed by atoms with van der Waals surface area (Å²) in [4.78, 5) is 22.5. The van der Waals surface area contributed by atoms with E-state index in [9.17, 15) is 4.79 Å². The van der Waals surface area contributed by atoms with Gasteiger partial charge < -0.3 is 4.90 Å². The molecule has 1 aliphatic carbocycles. The van der Waals surface area contributed by atoms with E-state index in [4.69, 9.17) is 4.98 Å². The van der Waals surface area contributed by atoms with Crippen molar-refractivity contribution in [2.45, 2.75) is 53.4 Å². The van der Waals surface area contributed by atoms with Gasteiger partial charge in [-0.1, -0.05) is 44.1 Å². The van der Waals surface area contributed by atoms with Gasteiger partial charge in [-0.3, -0.25) is 9.69 Å². The third kappa shape index (κ3) is 5.01. The van der Waals surface area contributed by atoms with Crippen molar-refractivity contribution in [3.63, 3.8) is 0 Å². The minimum Gasteiger partial charge on any atom is -0.302 e. The lowest BCUT2D eigenvalue weighted by molar-refractivity contribution is -0.122. The topological polar surface area (TPSA) is 36.4 Å². The normalized spacial score (nSPS) is 14.7. The van der Waals surface area contributed by atoms with Crippen LogP contribution in [-0.2, 0) is 4.79 Å². The van der Waals surface area contributed by atoms with Crippen LogP contribution in [0.5, 0.6) is 0 Å². The van der Waals surface area contributed by atoms with E-state index in [0.717, 1.165) is 49.7 Å². The molecule has 0 saturated heterocycles. The lowest BCUT2D eigenvalue weighted by Gasteiger charge is -2.26. The molecule has 0 N–H and O–H groups in total. The molecule has 1 aliphatic rings. The van der Waals surface area contributed by atoms with Gasteiger partial charge in [-0.25, -0.2) is 4.98 Å². The molecule has 0 aliphatic heterocycles. The zero-order valence-electron chi connectivity index (χ0n) is 17.0. The molecule has 0 atom stereocenters. The number of carbonyl (C=O) groups is 1. The van der Waals surface area contributed by atoms with Gasteiger partial charge in [0.25, 0.3) is 0 Å². The van der Waals surface area contributed by atoms with Crippen LogP contribution in [-0.4, -0.2) is 42.0 Å². The number of likely N-dealkylation sites (N-methyl/N-ethyl adjacent to an activating group) is 1. The molecule has 150 valence electrons. The summed E-state index contributed by atoms with van der Waals surface area (Å²) in [6.45, 7) is 12.2. The standard InChI is InChI=1S/C21H31N3OS.ClH/c1-5-23(6-2)11-12-24(20(25)17-9-7-8-10-17)21-22-19-16(4)13-15(3)14-18(19)26-21;/h13-14,17H,5-12H2,1-4H3;1H. The van der Waals surface area contributed by atoms with Crippen molar-refractivity contribution in [3.05, 3.63) is 23.3 Å². The van der Waals surface area contributed by atoms with E-state index in [1.54, 1.807) is 11.3 Å². The zero-order chi connectivity index (χ0) is 18.7. The van der Waals surface area contributed by atoms with Gasteiger partial charge in [0.2, 0.25) is 5.91 Å². The van der Waals surface area contributed by atoms with Crippen molar-refractivity contribution >= 4 is 45.0 Å². The minimum absolute atomic E-state index is 0. The quantitative estimate of drug-likeness (QED) is 0.630. The van der Waals surface area contributed by atoms with Gasteiger partial charge in [0, 0.05) is 19.0 Å². The van der Waals surface area contributed by atoms with Crippen molar-refractivity contribution < 1.29 is 4.79 Å². The van der Waals surface area contributed by atoms with Crippen LogP contribution in [0.1, 0.15) is 50.7 Å². The lowest BCUT2D eigenvalue weighted by Crippen LogP contribution is -2.41. The molecule has 0 unspecified atom stereocenters. The molecule has 1 amide bonds. The summed E-state index contributed by atoms with van der Waals surface area (Å²) in [6.07, 6.45) is 4.42. The summed E-state index contributed by atoms with van der Waals surface area (Å²) in [5, 5.41) is 0.873. The van der Waals surface area contributed by atoms with Crippen LogP contribution in [0.15, 0.2) is 12.1 Å². The predicted molar refractivity (Wildman–Crippen MR) is 118 cm³/mol. The van der Waals surface area contributed by atoms with Crippen LogP contribution in [0.2, 0.25) is 0 Å². The second kappa shape index (κ2) is 9.85. The number of carbonyl (C=O) groups excluding carboxylic acids is 1. The Morgan fingerprint density at radius 3 is 2.44 bits per heavy atom. The Labute approximate surface area is 173 Å². The highest BCUT2D eigenvalue weighted by Crippen LogP contribution is 2.34. The number of hydrogen-bond acceptors (Lipinski definition) is 4. The number of halogens is 1. The summed E-state index contributed by atoms with van der Waals surface area (Å²) < 4.78 is 1.18. The number of benzene rings is 1. The molecule has 2 aromatic rings.